The Morgan fingerprint density at radius 1 is 0.857 bits per heavy atom. The molecule has 0 unspecified atom stereocenters. The number of ether oxygens (including phenoxy) is 7. The molecule has 1 fully saturated rings. The monoisotopic (exact) mass is 488 g/mol. The van der Waals surface area contributed by atoms with Gasteiger partial charge in [0, 0.05) is 25.7 Å². The fraction of sp³-hybridized carbons (Fsp3) is 0.462. The van der Waals surface area contributed by atoms with Crippen molar-refractivity contribution in [3.05, 3.63) is 47.5 Å². The summed E-state index contributed by atoms with van der Waals surface area (Å²) in [5.74, 6) is 0.741. The van der Waals surface area contributed by atoms with Gasteiger partial charge in [-0.1, -0.05) is 12.1 Å². The van der Waals surface area contributed by atoms with Crippen LogP contribution in [-0.2, 0) is 23.8 Å². The quantitative estimate of drug-likeness (QED) is 0.461. The van der Waals surface area contributed by atoms with Crippen LogP contribution in [0, 0.1) is 11.8 Å². The van der Waals surface area contributed by atoms with Crippen LogP contribution in [0.25, 0.3) is 0 Å². The Morgan fingerprint density at radius 2 is 1.46 bits per heavy atom. The van der Waals surface area contributed by atoms with E-state index < -0.39 is 24.1 Å². The highest BCUT2D eigenvalue weighted by atomic mass is 16.6. The van der Waals surface area contributed by atoms with Crippen molar-refractivity contribution in [3.8, 4) is 23.0 Å². The van der Waals surface area contributed by atoms with Crippen LogP contribution in [0.1, 0.15) is 37.2 Å². The molecule has 1 aliphatic heterocycles. The summed E-state index contributed by atoms with van der Waals surface area (Å²) in [5.41, 5.74) is 1.54. The van der Waals surface area contributed by atoms with Gasteiger partial charge in [-0.15, -0.1) is 0 Å². The van der Waals surface area contributed by atoms with Crippen LogP contribution < -0.4 is 18.9 Å². The molecule has 9 heteroatoms. The van der Waals surface area contributed by atoms with Gasteiger partial charge >= 0.3 is 11.9 Å². The van der Waals surface area contributed by atoms with Crippen LogP contribution in [-0.4, -0.2) is 53.6 Å². The van der Waals surface area contributed by atoms with Crippen LogP contribution in [0.15, 0.2) is 36.4 Å². The number of esters is 2. The van der Waals surface area contributed by atoms with Gasteiger partial charge in [-0.25, -0.2) is 0 Å². The minimum absolute atomic E-state index is 0.0874. The molecular weight excluding hydrogens is 456 g/mol. The van der Waals surface area contributed by atoms with Crippen LogP contribution in [0.3, 0.4) is 0 Å². The van der Waals surface area contributed by atoms with Crippen LogP contribution in [0.5, 0.6) is 23.0 Å². The number of rotatable bonds is 10. The molecule has 0 spiro atoms. The molecule has 0 aliphatic carbocycles. The van der Waals surface area contributed by atoms with Gasteiger partial charge in [-0.05, 0) is 35.4 Å². The standard InChI is InChI=1S/C26H32O9/c1-15(27)33-13-19-20(14-34-25(19)17-7-9-21(29-3)23(11-17)31-5)26(35-16(2)28)18-8-10-22(30-4)24(12-18)32-6/h7-12,19-20,25-26H,13-14H2,1-6H3/t19-,20+,25+,26+/m0/s1. The van der Waals surface area contributed by atoms with E-state index in [1.54, 1.807) is 39.5 Å². The third kappa shape index (κ3) is 5.97. The van der Waals surface area contributed by atoms with Gasteiger partial charge in [-0.3, -0.25) is 9.59 Å². The number of hydrogen-bond donors (Lipinski definition) is 0. The first-order chi connectivity index (χ1) is 16.8. The van der Waals surface area contributed by atoms with Crippen molar-refractivity contribution in [1.82, 2.24) is 0 Å². The van der Waals surface area contributed by atoms with Crippen molar-refractivity contribution >= 4 is 11.9 Å². The van der Waals surface area contributed by atoms with Crippen molar-refractivity contribution in [1.29, 1.82) is 0 Å². The van der Waals surface area contributed by atoms with Gasteiger partial charge in [0.25, 0.3) is 0 Å². The van der Waals surface area contributed by atoms with E-state index in [-0.39, 0.29) is 25.0 Å². The molecule has 35 heavy (non-hydrogen) atoms. The molecule has 9 nitrogen and oxygen atoms in total. The Hall–Kier alpha value is -3.46. The molecule has 2 aromatic rings. The van der Waals surface area contributed by atoms with E-state index in [1.807, 2.05) is 18.2 Å². The number of methoxy groups -OCH3 is 4. The van der Waals surface area contributed by atoms with Gasteiger partial charge in [0.1, 0.15) is 6.10 Å². The lowest BCUT2D eigenvalue weighted by Gasteiger charge is -2.29. The highest BCUT2D eigenvalue weighted by Gasteiger charge is 2.45. The maximum Gasteiger partial charge on any atom is 0.303 e. The summed E-state index contributed by atoms with van der Waals surface area (Å²) in [4.78, 5) is 23.8. The minimum Gasteiger partial charge on any atom is -0.493 e. The number of carbonyl (C=O) groups excluding carboxylic acids is 2. The van der Waals surface area contributed by atoms with Crippen molar-refractivity contribution in [3.63, 3.8) is 0 Å². The van der Waals surface area contributed by atoms with Crippen molar-refractivity contribution in [2.45, 2.75) is 26.1 Å². The smallest absolute Gasteiger partial charge is 0.303 e. The molecule has 0 bridgehead atoms. The third-order valence-electron chi connectivity index (χ3n) is 6.04. The first kappa shape index (κ1) is 26.2. The lowest BCUT2D eigenvalue weighted by atomic mass is 9.82. The Balaban J connectivity index is 2.02. The van der Waals surface area contributed by atoms with Crippen LogP contribution in [0.2, 0.25) is 0 Å². The fourth-order valence-electron chi connectivity index (χ4n) is 4.41. The second-order valence-electron chi connectivity index (χ2n) is 8.14. The molecule has 1 heterocycles. The highest BCUT2D eigenvalue weighted by molar-refractivity contribution is 5.66. The molecule has 190 valence electrons. The zero-order valence-electron chi connectivity index (χ0n) is 20.9. The van der Waals surface area contributed by atoms with E-state index in [4.69, 9.17) is 33.2 Å². The van der Waals surface area contributed by atoms with Gasteiger partial charge < -0.3 is 33.2 Å². The summed E-state index contributed by atoms with van der Waals surface area (Å²) in [6.45, 7) is 3.08. The highest BCUT2D eigenvalue weighted by Crippen LogP contribution is 2.47. The SMILES string of the molecule is COc1ccc([C@@H](OC(C)=O)[C@@H]2CO[C@H](c3ccc(OC)c(OC)c3)[C@H]2COC(C)=O)cc1OC. The van der Waals surface area contributed by atoms with Gasteiger partial charge in [0.15, 0.2) is 23.0 Å². The predicted octanol–water partition coefficient (Wildman–Crippen LogP) is 3.89. The molecule has 0 radical (unpaired) electrons. The molecule has 0 saturated carbocycles. The van der Waals surface area contributed by atoms with E-state index in [0.717, 1.165) is 5.56 Å². The summed E-state index contributed by atoms with van der Waals surface area (Å²) >= 11 is 0. The Morgan fingerprint density at radius 3 is 2.03 bits per heavy atom. The van der Waals surface area contributed by atoms with Crippen molar-refractivity contribution in [2.24, 2.45) is 11.8 Å². The Kier molecular flexibility index (Phi) is 8.81. The molecule has 3 rings (SSSR count). The molecule has 0 aromatic heterocycles. The summed E-state index contributed by atoms with van der Waals surface area (Å²) in [6, 6.07) is 10.9. The minimum atomic E-state index is -0.669. The van der Waals surface area contributed by atoms with Crippen molar-refractivity contribution in [2.75, 3.05) is 41.7 Å². The Bertz CT molecular complexity index is 1040. The summed E-state index contributed by atoms with van der Waals surface area (Å²) < 4.78 is 39.0. The molecule has 2 aromatic carbocycles. The van der Waals surface area contributed by atoms with E-state index >= 15 is 0 Å². The van der Waals surface area contributed by atoms with Crippen molar-refractivity contribution < 1.29 is 42.7 Å². The summed E-state index contributed by atoms with van der Waals surface area (Å²) in [7, 11) is 6.21. The number of hydrogen-bond acceptors (Lipinski definition) is 9. The molecule has 1 aliphatic rings. The zero-order valence-corrected chi connectivity index (χ0v) is 20.9. The van der Waals surface area contributed by atoms with E-state index in [2.05, 4.69) is 0 Å². The summed E-state index contributed by atoms with van der Waals surface area (Å²) in [5, 5.41) is 0. The van der Waals surface area contributed by atoms with Crippen LogP contribution >= 0.6 is 0 Å². The second kappa shape index (κ2) is 11.8. The van der Waals surface area contributed by atoms with Gasteiger partial charge in [-0.2, -0.15) is 0 Å². The zero-order chi connectivity index (χ0) is 25.5. The average Bonchev–Trinajstić information content (AvgIpc) is 3.28. The summed E-state index contributed by atoms with van der Waals surface area (Å²) in [6.07, 6.45) is -1.10. The Labute approximate surface area is 205 Å². The molecule has 1 saturated heterocycles. The average molecular weight is 489 g/mol. The van der Waals surface area contributed by atoms with E-state index in [1.165, 1.54) is 21.0 Å². The fourth-order valence-corrected chi connectivity index (χ4v) is 4.41. The molecule has 4 atom stereocenters. The largest absolute Gasteiger partial charge is 0.493 e. The lowest BCUT2D eigenvalue weighted by Crippen LogP contribution is -2.29. The van der Waals surface area contributed by atoms with E-state index in [0.29, 0.717) is 28.6 Å². The first-order valence-electron chi connectivity index (χ1n) is 11.2. The number of carbonyl (C=O) groups is 2. The maximum absolute atomic E-state index is 12.1. The van der Waals surface area contributed by atoms with Crippen LogP contribution in [0.4, 0.5) is 0 Å². The molecular formula is C26H32O9. The molecule has 0 N–H and O–H groups in total. The number of benzene rings is 2. The second-order valence-corrected chi connectivity index (χ2v) is 8.14. The van der Waals surface area contributed by atoms with Gasteiger partial charge in [0.2, 0.25) is 0 Å². The molecule has 0 amide bonds. The predicted molar refractivity (Wildman–Crippen MR) is 126 cm³/mol. The van der Waals surface area contributed by atoms with E-state index in [9.17, 15) is 9.59 Å². The maximum atomic E-state index is 12.1. The first-order valence-corrected chi connectivity index (χ1v) is 11.2. The topological polar surface area (TPSA) is 98.8 Å². The normalized spacial score (nSPS) is 20.0. The lowest BCUT2D eigenvalue weighted by molar-refractivity contribution is -0.153. The third-order valence-corrected chi connectivity index (χ3v) is 6.04. The van der Waals surface area contributed by atoms with Gasteiger partial charge in [0.05, 0.1) is 47.8 Å².